The van der Waals surface area contributed by atoms with E-state index in [2.05, 4.69) is 20.0 Å². The molecule has 2 aromatic rings. The fraction of sp³-hybridized carbons (Fsp3) is 0.438. The molecule has 0 fully saturated rings. The normalized spacial score (nSPS) is 11.7. The summed E-state index contributed by atoms with van der Waals surface area (Å²) in [5.74, 6) is -2.67. The molecule has 0 aliphatic carbocycles. The van der Waals surface area contributed by atoms with E-state index >= 15 is 0 Å². The van der Waals surface area contributed by atoms with Gasteiger partial charge in [0.2, 0.25) is 5.88 Å². The number of fused-ring (bicyclic) bond motifs is 1. The van der Waals surface area contributed by atoms with Crippen LogP contribution in [0.25, 0.3) is 10.9 Å². The fourth-order valence-corrected chi connectivity index (χ4v) is 2.27. The number of alkyl halides is 2. The summed E-state index contributed by atoms with van der Waals surface area (Å²) in [4.78, 5) is 18.9. The third-order valence-electron chi connectivity index (χ3n) is 3.41. The van der Waals surface area contributed by atoms with Gasteiger partial charge in [0, 0.05) is 5.69 Å². The zero-order chi connectivity index (χ0) is 19.5. The third kappa shape index (κ3) is 4.13. The number of benzene rings is 1. The average Bonchev–Trinajstić information content (AvgIpc) is 2.58. The number of aliphatic hydroxyl groups is 1. The molecule has 0 bridgehead atoms. The van der Waals surface area contributed by atoms with Crippen molar-refractivity contribution in [1.29, 1.82) is 0 Å². The number of halogens is 3. The van der Waals surface area contributed by atoms with Gasteiger partial charge in [-0.15, -0.1) is 0 Å². The van der Waals surface area contributed by atoms with Crippen molar-refractivity contribution in [2.24, 2.45) is 0 Å². The molecule has 1 aromatic carbocycles. The maximum absolute atomic E-state index is 14.5. The number of aromatic nitrogens is 2. The van der Waals surface area contributed by atoms with E-state index in [0.717, 1.165) is 6.07 Å². The second kappa shape index (κ2) is 7.73. The molecule has 0 saturated heterocycles. The summed E-state index contributed by atoms with van der Waals surface area (Å²) in [6.45, 7) is 2.45. The first-order valence-electron chi connectivity index (χ1n) is 7.59. The van der Waals surface area contributed by atoms with Crippen molar-refractivity contribution in [3.05, 3.63) is 23.8 Å². The Morgan fingerprint density at radius 2 is 2.04 bits per heavy atom. The van der Waals surface area contributed by atoms with Gasteiger partial charge in [-0.25, -0.2) is 22.9 Å². The number of ether oxygens (including phenoxy) is 2. The summed E-state index contributed by atoms with van der Waals surface area (Å²) in [7, 11) is 1.22. The summed E-state index contributed by atoms with van der Waals surface area (Å²) < 4.78 is 50.2. The van der Waals surface area contributed by atoms with E-state index in [-0.39, 0.29) is 35.7 Å². The molecule has 0 spiro atoms. The second-order valence-corrected chi connectivity index (χ2v) is 5.86. The van der Waals surface area contributed by atoms with Crippen LogP contribution in [0.2, 0.25) is 0 Å². The van der Waals surface area contributed by atoms with Crippen LogP contribution in [0.4, 0.5) is 18.9 Å². The molecule has 7 nitrogen and oxygen atoms in total. The van der Waals surface area contributed by atoms with Gasteiger partial charge in [-0.3, -0.25) is 0 Å². The Bertz CT molecular complexity index is 815. The monoisotopic (exact) mass is 373 g/mol. The topological polar surface area (TPSA) is 93.6 Å². The summed E-state index contributed by atoms with van der Waals surface area (Å²) in [5.41, 5.74) is -1.36. The fourth-order valence-electron chi connectivity index (χ4n) is 2.27. The minimum absolute atomic E-state index is 0.0195. The van der Waals surface area contributed by atoms with Gasteiger partial charge in [0.1, 0.15) is 17.7 Å². The highest BCUT2D eigenvalue weighted by Gasteiger charge is 2.29. The second-order valence-electron chi connectivity index (χ2n) is 5.86. The summed E-state index contributed by atoms with van der Waals surface area (Å²) >= 11 is 0. The number of nitrogens with zero attached hydrogens (tertiary/aromatic N) is 2. The molecule has 0 aliphatic rings. The Morgan fingerprint density at radius 3 is 2.62 bits per heavy atom. The van der Waals surface area contributed by atoms with Gasteiger partial charge < -0.3 is 19.9 Å². The standard InChI is InChI=1S/C16H18F3N3O4/c1-16(2,15(24)25-3)22-8-6-9-11(10(17)7-8)20-13(12(18)19)21-14(9)26-5-4-23/h6-7,12,22-23H,4-5H2,1-3H3. The molecular weight excluding hydrogens is 355 g/mol. The van der Waals surface area contributed by atoms with Gasteiger partial charge in [-0.1, -0.05) is 0 Å². The van der Waals surface area contributed by atoms with E-state index in [0.29, 0.717) is 0 Å². The lowest BCUT2D eigenvalue weighted by atomic mass is 10.0. The molecule has 0 aliphatic heterocycles. The minimum Gasteiger partial charge on any atom is -0.475 e. The first kappa shape index (κ1) is 19.7. The summed E-state index contributed by atoms with van der Waals surface area (Å²) in [5, 5.41) is 11.7. The van der Waals surface area contributed by atoms with Crippen molar-refractivity contribution in [3.63, 3.8) is 0 Å². The molecule has 1 aromatic heterocycles. The number of aliphatic hydroxyl groups excluding tert-OH is 1. The smallest absolute Gasteiger partial charge is 0.330 e. The molecule has 2 N–H and O–H groups in total. The Kier molecular flexibility index (Phi) is 5.86. The zero-order valence-electron chi connectivity index (χ0n) is 14.3. The lowest BCUT2D eigenvalue weighted by Crippen LogP contribution is -2.41. The van der Waals surface area contributed by atoms with Crippen molar-refractivity contribution in [2.45, 2.75) is 25.8 Å². The molecule has 142 valence electrons. The number of hydrogen-bond donors (Lipinski definition) is 2. The summed E-state index contributed by atoms with van der Waals surface area (Å²) in [6, 6.07) is 2.39. The Labute approximate surface area is 147 Å². The van der Waals surface area contributed by atoms with E-state index in [1.165, 1.54) is 27.0 Å². The Hall–Kier alpha value is -2.62. The number of carbonyl (C=O) groups is 1. The van der Waals surface area contributed by atoms with Crippen LogP contribution in [0.5, 0.6) is 5.88 Å². The van der Waals surface area contributed by atoms with Crippen molar-refractivity contribution in [3.8, 4) is 5.88 Å². The number of hydrogen-bond acceptors (Lipinski definition) is 7. The SMILES string of the molecule is COC(=O)C(C)(C)Nc1cc(F)c2nc(C(F)F)nc(OCCO)c2c1. The maximum Gasteiger partial charge on any atom is 0.330 e. The maximum atomic E-state index is 14.5. The number of anilines is 1. The molecule has 0 saturated carbocycles. The highest BCUT2D eigenvalue weighted by Crippen LogP contribution is 2.31. The number of nitrogens with one attached hydrogen (secondary N) is 1. The minimum atomic E-state index is -3.02. The average molecular weight is 373 g/mol. The predicted molar refractivity (Wildman–Crippen MR) is 86.8 cm³/mol. The molecule has 26 heavy (non-hydrogen) atoms. The zero-order valence-corrected chi connectivity index (χ0v) is 14.3. The molecule has 10 heteroatoms. The van der Waals surface area contributed by atoms with Gasteiger partial charge in [0.15, 0.2) is 11.6 Å². The van der Waals surface area contributed by atoms with Crippen LogP contribution >= 0.6 is 0 Å². The van der Waals surface area contributed by atoms with Gasteiger partial charge in [-0.2, -0.15) is 4.98 Å². The largest absolute Gasteiger partial charge is 0.475 e. The lowest BCUT2D eigenvalue weighted by Gasteiger charge is -2.24. The Morgan fingerprint density at radius 1 is 1.35 bits per heavy atom. The first-order chi connectivity index (χ1) is 12.2. The number of esters is 1. The number of carbonyl (C=O) groups excluding carboxylic acids is 1. The molecule has 0 radical (unpaired) electrons. The van der Waals surface area contributed by atoms with Crippen LogP contribution < -0.4 is 10.1 Å². The molecule has 2 rings (SSSR count). The van der Waals surface area contributed by atoms with Crippen LogP contribution in [0.1, 0.15) is 26.1 Å². The van der Waals surface area contributed by atoms with Crippen molar-refractivity contribution in [2.75, 3.05) is 25.6 Å². The van der Waals surface area contributed by atoms with Crippen LogP contribution in [0.15, 0.2) is 12.1 Å². The quantitative estimate of drug-likeness (QED) is 0.720. The van der Waals surface area contributed by atoms with Gasteiger partial charge in [0.05, 0.1) is 19.1 Å². The van der Waals surface area contributed by atoms with Crippen molar-refractivity contribution < 1.29 is 32.5 Å². The van der Waals surface area contributed by atoms with Gasteiger partial charge >= 0.3 is 5.97 Å². The molecule has 1 heterocycles. The first-order valence-corrected chi connectivity index (χ1v) is 7.59. The van der Waals surface area contributed by atoms with E-state index in [1.54, 1.807) is 0 Å². The van der Waals surface area contributed by atoms with E-state index in [1.807, 2.05) is 0 Å². The van der Waals surface area contributed by atoms with E-state index in [4.69, 9.17) is 9.84 Å². The van der Waals surface area contributed by atoms with E-state index in [9.17, 15) is 18.0 Å². The van der Waals surface area contributed by atoms with Crippen LogP contribution in [0, 0.1) is 5.82 Å². The summed E-state index contributed by atoms with van der Waals surface area (Å²) in [6.07, 6.45) is -3.02. The highest BCUT2D eigenvalue weighted by molar-refractivity contribution is 5.89. The van der Waals surface area contributed by atoms with Crippen LogP contribution in [-0.2, 0) is 9.53 Å². The van der Waals surface area contributed by atoms with Gasteiger partial charge in [-0.05, 0) is 26.0 Å². The highest BCUT2D eigenvalue weighted by atomic mass is 19.3. The molecule has 0 amide bonds. The van der Waals surface area contributed by atoms with Crippen molar-refractivity contribution >= 4 is 22.6 Å². The number of rotatable bonds is 7. The Balaban J connectivity index is 2.57. The van der Waals surface area contributed by atoms with Gasteiger partial charge in [0.25, 0.3) is 6.43 Å². The predicted octanol–water partition coefficient (Wildman–Crippen LogP) is 2.44. The van der Waals surface area contributed by atoms with E-state index < -0.39 is 29.6 Å². The molecule has 0 atom stereocenters. The number of methoxy groups -OCH3 is 1. The van der Waals surface area contributed by atoms with Crippen molar-refractivity contribution in [1.82, 2.24) is 9.97 Å². The lowest BCUT2D eigenvalue weighted by molar-refractivity contribution is -0.144. The molecule has 0 unspecified atom stereocenters. The van der Waals surface area contributed by atoms with Crippen LogP contribution in [0.3, 0.4) is 0 Å². The van der Waals surface area contributed by atoms with Crippen LogP contribution in [-0.4, -0.2) is 46.9 Å². The third-order valence-corrected chi connectivity index (χ3v) is 3.41. The molecular formula is C16H18F3N3O4.